The zero-order chi connectivity index (χ0) is 14.0. The topological polar surface area (TPSA) is 55.2 Å². The van der Waals surface area contributed by atoms with Crippen LogP contribution >= 0.6 is 11.3 Å². The number of hydrogen-bond donors (Lipinski definition) is 1. The van der Waals surface area contributed by atoms with E-state index in [1.54, 1.807) is 18.3 Å². The fourth-order valence-electron chi connectivity index (χ4n) is 1.72. The highest BCUT2D eigenvalue weighted by Crippen LogP contribution is 2.28. The number of nitrogens with zero attached hydrogens (tertiary/aromatic N) is 1. The number of nitro groups is 1. The van der Waals surface area contributed by atoms with Crippen LogP contribution in [0.1, 0.15) is 16.7 Å². The van der Waals surface area contributed by atoms with Crippen molar-refractivity contribution in [2.75, 3.05) is 5.32 Å². The molecule has 1 N–H and O–H groups in total. The summed E-state index contributed by atoms with van der Waals surface area (Å²) in [5, 5.41) is 17.9. The van der Waals surface area contributed by atoms with Crippen molar-refractivity contribution < 1.29 is 9.31 Å². The molecular formula is C13H13FN2O2S. The first-order valence-electron chi connectivity index (χ1n) is 5.69. The maximum absolute atomic E-state index is 13.4. The van der Waals surface area contributed by atoms with Gasteiger partial charge in [-0.15, -0.1) is 0 Å². The van der Waals surface area contributed by atoms with Gasteiger partial charge in [-0.25, -0.2) is 4.39 Å². The summed E-state index contributed by atoms with van der Waals surface area (Å²) in [6.45, 7) is 4.05. The first-order valence-corrected chi connectivity index (χ1v) is 6.63. The highest BCUT2D eigenvalue weighted by atomic mass is 32.1. The lowest BCUT2D eigenvalue weighted by molar-refractivity contribution is -0.384. The van der Waals surface area contributed by atoms with E-state index in [1.165, 1.54) is 6.07 Å². The van der Waals surface area contributed by atoms with Gasteiger partial charge in [0.1, 0.15) is 11.5 Å². The Morgan fingerprint density at radius 2 is 2.05 bits per heavy atom. The van der Waals surface area contributed by atoms with Crippen LogP contribution in [0.4, 0.5) is 15.8 Å². The minimum absolute atomic E-state index is 0.240. The minimum Gasteiger partial charge on any atom is -0.375 e. The quantitative estimate of drug-likeness (QED) is 0.679. The Morgan fingerprint density at radius 1 is 1.32 bits per heavy atom. The van der Waals surface area contributed by atoms with Crippen LogP contribution in [0, 0.1) is 29.8 Å². The van der Waals surface area contributed by atoms with Crippen molar-refractivity contribution in [3.8, 4) is 0 Å². The summed E-state index contributed by atoms with van der Waals surface area (Å²) in [5.74, 6) is -0.566. The summed E-state index contributed by atoms with van der Waals surface area (Å²) in [6, 6.07) is 2.42. The summed E-state index contributed by atoms with van der Waals surface area (Å²) in [4.78, 5) is 10.3. The van der Waals surface area contributed by atoms with Gasteiger partial charge in [0.2, 0.25) is 0 Å². The van der Waals surface area contributed by atoms with E-state index in [0.29, 0.717) is 17.8 Å². The Bertz CT molecular complexity index is 625. The van der Waals surface area contributed by atoms with Crippen molar-refractivity contribution in [3.63, 3.8) is 0 Å². The van der Waals surface area contributed by atoms with Gasteiger partial charge in [0.15, 0.2) is 0 Å². The first kappa shape index (κ1) is 13.5. The Balaban J connectivity index is 2.26. The van der Waals surface area contributed by atoms with Crippen LogP contribution in [0.15, 0.2) is 22.9 Å². The number of hydrogen-bond acceptors (Lipinski definition) is 4. The van der Waals surface area contributed by atoms with Gasteiger partial charge in [-0.1, -0.05) is 0 Å². The van der Waals surface area contributed by atoms with Crippen LogP contribution in [-0.2, 0) is 6.54 Å². The Hall–Kier alpha value is -1.95. The SMILES string of the molecule is Cc1cc(NCc2cscc2C)c([N+](=O)[O-])cc1F. The minimum atomic E-state index is -0.578. The molecule has 1 heterocycles. The highest BCUT2D eigenvalue weighted by molar-refractivity contribution is 7.08. The summed E-state index contributed by atoms with van der Waals surface area (Å²) in [5.41, 5.74) is 2.71. The van der Waals surface area contributed by atoms with E-state index in [4.69, 9.17) is 0 Å². The second kappa shape index (κ2) is 5.36. The number of thiophene rings is 1. The lowest BCUT2D eigenvalue weighted by atomic mass is 10.1. The maximum atomic E-state index is 13.4. The molecule has 0 aliphatic rings. The van der Waals surface area contributed by atoms with Gasteiger partial charge in [0.25, 0.3) is 5.69 Å². The molecule has 0 fully saturated rings. The molecule has 0 aliphatic carbocycles. The van der Waals surface area contributed by atoms with E-state index >= 15 is 0 Å². The van der Waals surface area contributed by atoms with Gasteiger partial charge in [-0.2, -0.15) is 11.3 Å². The van der Waals surface area contributed by atoms with Crippen LogP contribution in [0.25, 0.3) is 0 Å². The normalized spacial score (nSPS) is 10.5. The fraction of sp³-hybridized carbons (Fsp3) is 0.231. The third-order valence-electron chi connectivity index (χ3n) is 2.90. The standard InChI is InChI=1S/C13H13FN2O2S/c1-8-3-12(13(16(17)18)4-11(8)14)15-5-10-7-19-6-9(10)2/h3-4,6-7,15H,5H2,1-2H3. The summed E-state index contributed by atoms with van der Waals surface area (Å²) < 4.78 is 13.4. The van der Waals surface area contributed by atoms with Crippen molar-refractivity contribution in [1.29, 1.82) is 0 Å². The Kier molecular flexibility index (Phi) is 3.80. The summed E-state index contributed by atoms with van der Waals surface area (Å²) >= 11 is 1.58. The van der Waals surface area contributed by atoms with Crippen molar-refractivity contribution >= 4 is 22.7 Å². The number of aryl methyl sites for hydroxylation is 2. The number of benzene rings is 1. The average Bonchev–Trinajstić information content (AvgIpc) is 2.75. The number of anilines is 1. The molecule has 0 unspecified atom stereocenters. The molecule has 6 heteroatoms. The van der Waals surface area contributed by atoms with E-state index in [1.807, 2.05) is 17.7 Å². The van der Waals surface area contributed by atoms with Crippen LogP contribution in [0.5, 0.6) is 0 Å². The molecule has 2 rings (SSSR count). The van der Waals surface area contributed by atoms with Crippen molar-refractivity contribution in [2.45, 2.75) is 20.4 Å². The smallest absolute Gasteiger partial charge is 0.295 e. The summed E-state index contributed by atoms with van der Waals surface area (Å²) in [6.07, 6.45) is 0. The largest absolute Gasteiger partial charge is 0.375 e. The molecule has 0 radical (unpaired) electrons. The predicted molar refractivity (Wildman–Crippen MR) is 74.2 cm³/mol. The second-order valence-electron chi connectivity index (χ2n) is 4.31. The predicted octanol–water partition coefficient (Wildman–Crippen LogP) is 4.02. The fourth-order valence-corrected chi connectivity index (χ4v) is 2.58. The van der Waals surface area contributed by atoms with Crippen LogP contribution in [0.2, 0.25) is 0 Å². The van der Waals surface area contributed by atoms with E-state index < -0.39 is 10.7 Å². The maximum Gasteiger partial charge on any atom is 0.295 e. The molecule has 2 aromatic rings. The van der Waals surface area contributed by atoms with E-state index in [9.17, 15) is 14.5 Å². The average molecular weight is 280 g/mol. The zero-order valence-electron chi connectivity index (χ0n) is 10.6. The highest BCUT2D eigenvalue weighted by Gasteiger charge is 2.17. The van der Waals surface area contributed by atoms with Gasteiger partial charge in [0, 0.05) is 6.54 Å². The second-order valence-corrected chi connectivity index (χ2v) is 5.05. The molecule has 0 spiro atoms. The molecule has 0 bridgehead atoms. The van der Waals surface area contributed by atoms with E-state index in [-0.39, 0.29) is 5.69 Å². The van der Waals surface area contributed by atoms with Crippen molar-refractivity contribution in [3.05, 3.63) is 55.5 Å². The molecular weight excluding hydrogens is 267 g/mol. The van der Waals surface area contributed by atoms with Crippen molar-refractivity contribution in [1.82, 2.24) is 0 Å². The third-order valence-corrected chi connectivity index (χ3v) is 3.81. The lowest BCUT2D eigenvalue weighted by Crippen LogP contribution is -2.04. The molecule has 0 aliphatic heterocycles. The zero-order valence-corrected chi connectivity index (χ0v) is 11.4. The van der Waals surface area contributed by atoms with E-state index in [2.05, 4.69) is 5.32 Å². The number of rotatable bonds is 4. The van der Waals surface area contributed by atoms with Crippen LogP contribution in [0.3, 0.4) is 0 Å². The van der Waals surface area contributed by atoms with Crippen LogP contribution < -0.4 is 5.32 Å². The molecule has 4 nitrogen and oxygen atoms in total. The Morgan fingerprint density at radius 3 is 2.63 bits per heavy atom. The molecule has 0 saturated heterocycles. The number of halogens is 1. The van der Waals surface area contributed by atoms with Gasteiger partial charge in [0.05, 0.1) is 11.0 Å². The van der Waals surface area contributed by atoms with Gasteiger partial charge < -0.3 is 5.32 Å². The molecule has 1 aromatic carbocycles. The molecule has 0 amide bonds. The van der Waals surface area contributed by atoms with Crippen LogP contribution in [-0.4, -0.2) is 4.92 Å². The molecule has 100 valence electrons. The van der Waals surface area contributed by atoms with E-state index in [0.717, 1.165) is 17.2 Å². The molecule has 0 atom stereocenters. The number of nitrogens with one attached hydrogen (secondary N) is 1. The molecule has 0 saturated carbocycles. The van der Waals surface area contributed by atoms with Gasteiger partial charge in [-0.05, 0) is 47.4 Å². The van der Waals surface area contributed by atoms with Gasteiger partial charge in [-0.3, -0.25) is 10.1 Å². The van der Waals surface area contributed by atoms with Gasteiger partial charge >= 0.3 is 0 Å². The molecule has 1 aromatic heterocycles. The third kappa shape index (κ3) is 2.90. The lowest BCUT2D eigenvalue weighted by Gasteiger charge is -2.08. The summed E-state index contributed by atoms with van der Waals surface area (Å²) in [7, 11) is 0. The van der Waals surface area contributed by atoms with Crippen molar-refractivity contribution in [2.24, 2.45) is 0 Å². The number of nitro benzene ring substituents is 1. The first-order chi connectivity index (χ1) is 8.99. The Labute approximate surface area is 114 Å². The monoisotopic (exact) mass is 280 g/mol. The molecule has 19 heavy (non-hydrogen) atoms.